The van der Waals surface area contributed by atoms with Crippen LogP contribution in [0.4, 0.5) is 0 Å². The van der Waals surface area contributed by atoms with E-state index in [1.165, 1.54) is 0 Å². The van der Waals surface area contributed by atoms with Crippen molar-refractivity contribution in [3.63, 3.8) is 0 Å². The number of carbonyl (C=O) groups is 2. The van der Waals surface area contributed by atoms with Crippen molar-refractivity contribution in [2.75, 3.05) is 0 Å². The third kappa shape index (κ3) is 4.71. The Bertz CT molecular complexity index is 323. The summed E-state index contributed by atoms with van der Waals surface area (Å²) in [6.45, 7) is 6.09. The molecule has 0 radical (unpaired) electrons. The van der Waals surface area contributed by atoms with Crippen LogP contribution in [0.2, 0.25) is 0 Å². The van der Waals surface area contributed by atoms with Gasteiger partial charge in [0.05, 0.1) is 0 Å². The second-order valence-electron chi connectivity index (χ2n) is 2.62. The summed E-state index contributed by atoms with van der Waals surface area (Å²) in [5.41, 5.74) is 0. The van der Waals surface area contributed by atoms with E-state index < -0.39 is 9.84 Å². The Morgan fingerprint density at radius 1 is 1.00 bits per heavy atom. The first-order valence-corrected chi connectivity index (χ1v) is 5.60. The molecule has 1 rings (SSSR count). The number of hydrogen-bond acceptors (Lipinski definition) is 4. The fourth-order valence-electron chi connectivity index (χ4n) is 0.756. The van der Waals surface area contributed by atoms with Crippen LogP contribution in [0.3, 0.4) is 0 Å². The summed E-state index contributed by atoms with van der Waals surface area (Å²) >= 11 is 0. The second kappa shape index (κ2) is 5.49. The summed E-state index contributed by atoms with van der Waals surface area (Å²) < 4.78 is 20.3. The van der Waals surface area contributed by atoms with Gasteiger partial charge in [0.2, 0.25) is 0 Å². The lowest BCUT2D eigenvalue weighted by molar-refractivity contribution is -0.134. The maximum Gasteiger partial charge on any atom is 0.198 e. The summed E-state index contributed by atoms with van der Waals surface area (Å²) in [4.78, 5) is 20.4. The van der Waals surface area contributed by atoms with Gasteiger partial charge in [-0.2, -0.15) is 0 Å². The molecule has 0 spiro atoms. The largest absolute Gasteiger partial charge is 0.291 e. The molecule has 5 heteroatoms. The Balaban J connectivity index is 0.000000241. The maximum atomic E-state index is 10.2. The van der Waals surface area contributed by atoms with Gasteiger partial charge in [-0.05, 0) is 6.42 Å². The molecule has 78 valence electrons. The molecule has 0 aromatic rings. The van der Waals surface area contributed by atoms with Crippen molar-refractivity contribution in [1.29, 1.82) is 0 Å². The Morgan fingerprint density at radius 2 is 1.36 bits per heavy atom. The van der Waals surface area contributed by atoms with Crippen LogP contribution in [0.25, 0.3) is 0 Å². The van der Waals surface area contributed by atoms with Gasteiger partial charge in [0.1, 0.15) is 0 Å². The van der Waals surface area contributed by atoms with Gasteiger partial charge in [0.15, 0.2) is 21.4 Å². The topological polar surface area (TPSA) is 68.3 Å². The van der Waals surface area contributed by atoms with Gasteiger partial charge in [-0.25, -0.2) is 8.42 Å². The lowest BCUT2D eigenvalue weighted by Gasteiger charge is -1.78. The summed E-state index contributed by atoms with van der Waals surface area (Å²) in [6, 6.07) is 0. The van der Waals surface area contributed by atoms with E-state index >= 15 is 0 Å². The summed E-state index contributed by atoms with van der Waals surface area (Å²) in [6.07, 6.45) is 1.75. The lowest BCUT2D eigenvalue weighted by atomic mass is 10.3. The number of rotatable bonds is 2. The van der Waals surface area contributed by atoms with Gasteiger partial charge in [0.25, 0.3) is 0 Å². The predicted molar refractivity (Wildman–Crippen MR) is 53.2 cm³/mol. The number of carbonyl (C=O) groups excluding carboxylic acids is 2. The zero-order valence-corrected chi connectivity index (χ0v) is 8.55. The van der Waals surface area contributed by atoms with E-state index in [4.69, 9.17) is 0 Å². The molecule has 0 aliphatic heterocycles. The minimum absolute atomic E-state index is 0.181. The Hall–Kier alpha value is -1.23. The van der Waals surface area contributed by atoms with Gasteiger partial charge in [-0.1, -0.05) is 13.2 Å². The van der Waals surface area contributed by atoms with Crippen molar-refractivity contribution < 1.29 is 18.0 Å². The van der Waals surface area contributed by atoms with E-state index in [1.54, 1.807) is 0 Å². The van der Waals surface area contributed by atoms with Crippen molar-refractivity contribution >= 4 is 21.4 Å². The molecule has 0 heterocycles. The number of Topliss-reactive ketones (excluding diaryl/α,β-unsaturated/α-hetero) is 2. The monoisotopic (exact) mass is 216 g/mol. The normalized spacial score (nSPS) is 15.7. The van der Waals surface area contributed by atoms with Crippen molar-refractivity contribution in [1.82, 2.24) is 0 Å². The second-order valence-corrected chi connectivity index (χ2v) is 4.47. The molecule has 1 fully saturated rings. The van der Waals surface area contributed by atoms with Gasteiger partial charge in [-0.15, -0.1) is 0 Å². The third-order valence-electron chi connectivity index (χ3n) is 1.58. The van der Waals surface area contributed by atoms with Crippen LogP contribution in [-0.4, -0.2) is 20.0 Å². The molecule has 1 aliphatic rings. The Labute approximate surface area is 83.2 Å². The molecule has 0 saturated heterocycles. The average molecular weight is 216 g/mol. The highest BCUT2D eigenvalue weighted by atomic mass is 32.2. The zero-order valence-electron chi connectivity index (χ0n) is 7.73. The van der Waals surface area contributed by atoms with Crippen LogP contribution >= 0.6 is 0 Å². The molecular formula is C9H12O4S. The zero-order chi connectivity index (χ0) is 11.2. The van der Waals surface area contributed by atoms with E-state index in [-0.39, 0.29) is 11.6 Å². The first-order valence-electron chi connectivity index (χ1n) is 3.99. The first kappa shape index (κ1) is 12.8. The van der Waals surface area contributed by atoms with Gasteiger partial charge in [0, 0.05) is 23.7 Å². The fraction of sp³-hybridized carbons (Fsp3) is 0.333. The minimum Gasteiger partial charge on any atom is -0.291 e. The summed E-state index contributed by atoms with van der Waals surface area (Å²) in [5, 5.41) is 1.69. The van der Waals surface area contributed by atoms with Crippen LogP contribution in [0.5, 0.6) is 0 Å². The van der Waals surface area contributed by atoms with Gasteiger partial charge in [-0.3, -0.25) is 9.59 Å². The Morgan fingerprint density at radius 3 is 1.43 bits per heavy atom. The molecule has 0 N–H and O–H groups in total. The van der Waals surface area contributed by atoms with Crippen LogP contribution < -0.4 is 0 Å². The van der Waals surface area contributed by atoms with Crippen molar-refractivity contribution in [3.05, 3.63) is 24.0 Å². The summed E-state index contributed by atoms with van der Waals surface area (Å²) in [5.74, 6) is -0.361. The molecule has 14 heavy (non-hydrogen) atoms. The van der Waals surface area contributed by atoms with E-state index in [2.05, 4.69) is 13.2 Å². The smallest absolute Gasteiger partial charge is 0.198 e. The van der Waals surface area contributed by atoms with Crippen LogP contribution in [-0.2, 0) is 19.4 Å². The maximum absolute atomic E-state index is 10.2. The molecule has 4 nitrogen and oxygen atoms in total. The molecule has 0 unspecified atom stereocenters. The molecule has 0 aromatic carbocycles. The van der Waals surface area contributed by atoms with Crippen LogP contribution in [0, 0.1) is 0 Å². The highest BCUT2D eigenvalue weighted by Gasteiger charge is 2.19. The molecule has 0 bridgehead atoms. The molecule has 1 saturated carbocycles. The quantitative estimate of drug-likeness (QED) is 0.646. The predicted octanol–water partition coefficient (Wildman–Crippen LogP) is 0.997. The van der Waals surface area contributed by atoms with Crippen LogP contribution in [0.1, 0.15) is 19.3 Å². The van der Waals surface area contributed by atoms with E-state index in [1.807, 2.05) is 0 Å². The SMILES string of the molecule is C=CS(=O)(=O)C=C.O=C1CCCC1=O. The molecular weight excluding hydrogens is 204 g/mol. The standard InChI is InChI=1S/C5H6O2.C4H6O2S/c6-4-2-1-3-5(4)7;1-3-7(5,6)4-2/h1-3H2;3-4H,1-2H2. The fourth-order valence-corrected chi connectivity index (χ4v) is 0.892. The molecule has 0 aromatic heterocycles. The van der Waals surface area contributed by atoms with Crippen LogP contribution in [0.15, 0.2) is 24.0 Å². The molecule has 0 atom stereocenters. The number of hydrogen-bond donors (Lipinski definition) is 0. The minimum atomic E-state index is -3.13. The number of sulfone groups is 1. The molecule has 0 amide bonds. The third-order valence-corrected chi connectivity index (χ3v) is 2.51. The highest BCUT2D eigenvalue weighted by Crippen LogP contribution is 2.07. The van der Waals surface area contributed by atoms with Gasteiger partial charge >= 0.3 is 0 Å². The van der Waals surface area contributed by atoms with Gasteiger partial charge < -0.3 is 0 Å². The molecule has 1 aliphatic carbocycles. The lowest BCUT2D eigenvalue weighted by Crippen LogP contribution is -2.01. The van der Waals surface area contributed by atoms with Crippen molar-refractivity contribution in [2.24, 2.45) is 0 Å². The highest BCUT2D eigenvalue weighted by molar-refractivity contribution is 7.97. The average Bonchev–Trinajstić information content (AvgIpc) is 2.52. The van der Waals surface area contributed by atoms with Crippen molar-refractivity contribution in [3.8, 4) is 0 Å². The first-order chi connectivity index (χ1) is 6.43. The number of ketones is 2. The van der Waals surface area contributed by atoms with E-state index in [0.717, 1.165) is 17.2 Å². The Kier molecular flexibility index (Phi) is 5.01. The van der Waals surface area contributed by atoms with Crippen molar-refractivity contribution in [2.45, 2.75) is 19.3 Å². The summed E-state index contributed by atoms with van der Waals surface area (Å²) in [7, 11) is -3.13. The van der Waals surface area contributed by atoms with E-state index in [9.17, 15) is 18.0 Å². The van der Waals surface area contributed by atoms with E-state index in [0.29, 0.717) is 12.8 Å².